The second kappa shape index (κ2) is 67.3. The van der Waals surface area contributed by atoms with E-state index in [1.165, 1.54) is 154 Å². The largest absolute Gasteiger partial charge is 0.462 e. The average Bonchev–Trinajstić information content (AvgIpc) is 3.44. The molecule has 78 heavy (non-hydrogen) atoms. The molecule has 0 aromatic rings. The van der Waals surface area contributed by atoms with Gasteiger partial charge in [0.2, 0.25) is 0 Å². The molecule has 0 rings (SSSR count). The molecule has 0 aliphatic heterocycles. The molecule has 0 saturated heterocycles. The summed E-state index contributed by atoms with van der Waals surface area (Å²) in [5.74, 6) is -0.594. The standard InChI is InChI=1S/C73H122O5/c1-3-5-7-9-11-13-15-17-19-21-23-25-27-29-31-33-35-36-38-39-41-43-45-47-49-51-53-55-57-59-61-63-65-67-72(75)77-70-71(69-74)78-73(76)68-66-64-62-60-58-56-54-52-50-48-46-44-42-40-37-34-32-30-28-26-24-22-20-18-16-14-12-10-8-6-4-2/h5-8,11-14,17-20,23-26,30,32,37,40,44,46,71,74H,3-4,9-10,15-16,21-22,27-29,31,33-36,38-39,41-43,45,47-70H2,1-2H3/b7-5-,8-6-,13-11-,14-12-,19-17-,20-18-,25-23-,26-24-,32-30-,40-37-,46-44-. The average molecular weight is 1080 g/mol. The molecular formula is C73H122O5. The van der Waals surface area contributed by atoms with Crippen LogP contribution < -0.4 is 0 Å². The van der Waals surface area contributed by atoms with Crippen molar-refractivity contribution >= 4 is 11.9 Å². The minimum atomic E-state index is -0.784. The highest BCUT2D eigenvalue weighted by molar-refractivity contribution is 5.70. The molecule has 0 spiro atoms. The summed E-state index contributed by atoms with van der Waals surface area (Å²) in [5, 5.41) is 9.69. The zero-order valence-corrected chi connectivity index (χ0v) is 50.9. The highest BCUT2D eigenvalue weighted by Crippen LogP contribution is 2.17. The van der Waals surface area contributed by atoms with Gasteiger partial charge in [-0.25, -0.2) is 0 Å². The van der Waals surface area contributed by atoms with Crippen molar-refractivity contribution < 1.29 is 24.2 Å². The van der Waals surface area contributed by atoms with Gasteiger partial charge >= 0.3 is 11.9 Å². The molecule has 0 heterocycles. The number of aliphatic hydroxyl groups is 1. The van der Waals surface area contributed by atoms with Gasteiger partial charge in [-0.05, 0) is 109 Å². The summed E-state index contributed by atoms with van der Waals surface area (Å²) >= 11 is 0. The Morgan fingerprint density at radius 2 is 0.513 bits per heavy atom. The van der Waals surface area contributed by atoms with Crippen molar-refractivity contribution in [2.75, 3.05) is 13.2 Å². The van der Waals surface area contributed by atoms with Gasteiger partial charge in [-0.15, -0.1) is 0 Å². The minimum absolute atomic E-state index is 0.0724. The number of hydrogen-bond acceptors (Lipinski definition) is 5. The van der Waals surface area contributed by atoms with E-state index in [-0.39, 0.29) is 25.2 Å². The smallest absolute Gasteiger partial charge is 0.306 e. The van der Waals surface area contributed by atoms with Crippen LogP contribution in [0.4, 0.5) is 0 Å². The fraction of sp³-hybridized carbons (Fsp3) is 0.671. The van der Waals surface area contributed by atoms with Crippen molar-refractivity contribution in [1.82, 2.24) is 0 Å². The van der Waals surface area contributed by atoms with E-state index in [1.54, 1.807) is 0 Å². The summed E-state index contributed by atoms with van der Waals surface area (Å²) < 4.78 is 10.7. The topological polar surface area (TPSA) is 72.8 Å². The van der Waals surface area contributed by atoms with Crippen LogP contribution in [0.1, 0.15) is 296 Å². The lowest BCUT2D eigenvalue weighted by molar-refractivity contribution is -0.161. The number of allylic oxidation sites excluding steroid dienone is 22. The number of carbonyl (C=O) groups excluding carboxylic acids is 2. The molecule has 0 aromatic heterocycles. The van der Waals surface area contributed by atoms with Gasteiger partial charge in [0.1, 0.15) is 6.61 Å². The highest BCUT2D eigenvalue weighted by atomic mass is 16.6. The Kier molecular flexibility index (Phi) is 63.9. The lowest BCUT2D eigenvalue weighted by Crippen LogP contribution is -2.28. The summed E-state index contributed by atoms with van der Waals surface area (Å²) in [6.07, 6.45) is 100. The Morgan fingerprint density at radius 3 is 0.769 bits per heavy atom. The molecule has 0 aliphatic carbocycles. The molecule has 1 unspecified atom stereocenters. The summed E-state index contributed by atoms with van der Waals surface area (Å²) in [6.45, 7) is 3.93. The van der Waals surface area contributed by atoms with Crippen molar-refractivity contribution in [3.05, 3.63) is 134 Å². The third-order valence-electron chi connectivity index (χ3n) is 13.9. The lowest BCUT2D eigenvalue weighted by Gasteiger charge is -2.15. The molecule has 5 heteroatoms. The predicted octanol–water partition coefficient (Wildman–Crippen LogP) is 22.8. The number of esters is 2. The SMILES string of the molecule is CC/C=C\C/C=C\C/C=C\C/C=C\C/C=C\C/C=C\C/C=C\CCCCCCCCCCCC(=O)OC(CO)COC(=O)CCCCCCCCCCCCCCCCCCCCCC/C=C\C/C=C\C/C=C\C/C=C\CC. The van der Waals surface area contributed by atoms with Crippen LogP contribution in [0.5, 0.6) is 0 Å². The van der Waals surface area contributed by atoms with Crippen LogP contribution in [-0.2, 0) is 19.1 Å². The summed E-state index contributed by atoms with van der Waals surface area (Å²) in [7, 11) is 0. The molecule has 0 amide bonds. The fourth-order valence-electron chi connectivity index (χ4n) is 9.12. The summed E-state index contributed by atoms with van der Waals surface area (Å²) in [6, 6.07) is 0. The number of aliphatic hydroxyl groups excluding tert-OH is 1. The van der Waals surface area contributed by atoms with Gasteiger partial charge in [0.25, 0.3) is 0 Å². The Balaban J connectivity index is 3.50. The maximum absolute atomic E-state index is 12.4. The van der Waals surface area contributed by atoms with E-state index in [4.69, 9.17) is 9.47 Å². The van der Waals surface area contributed by atoms with E-state index in [1.807, 2.05) is 0 Å². The maximum Gasteiger partial charge on any atom is 0.306 e. The first-order chi connectivity index (χ1) is 38.6. The highest BCUT2D eigenvalue weighted by Gasteiger charge is 2.16. The van der Waals surface area contributed by atoms with Gasteiger partial charge in [0.15, 0.2) is 6.10 Å². The van der Waals surface area contributed by atoms with Crippen LogP contribution in [0.25, 0.3) is 0 Å². The number of ether oxygens (including phenoxy) is 2. The van der Waals surface area contributed by atoms with Gasteiger partial charge in [-0.1, -0.05) is 308 Å². The first kappa shape index (κ1) is 74.0. The first-order valence-corrected chi connectivity index (χ1v) is 32.7. The Hall–Kier alpha value is -3.96. The summed E-state index contributed by atoms with van der Waals surface area (Å²) in [5.41, 5.74) is 0. The van der Waals surface area contributed by atoms with Crippen molar-refractivity contribution in [2.45, 2.75) is 302 Å². The van der Waals surface area contributed by atoms with Crippen molar-refractivity contribution in [3.8, 4) is 0 Å². The fourth-order valence-corrected chi connectivity index (χ4v) is 9.12. The molecule has 1 atom stereocenters. The first-order valence-electron chi connectivity index (χ1n) is 32.7. The predicted molar refractivity (Wildman–Crippen MR) is 343 cm³/mol. The van der Waals surface area contributed by atoms with Gasteiger partial charge in [0, 0.05) is 12.8 Å². The van der Waals surface area contributed by atoms with Crippen LogP contribution in [0, 0.1) is 0 Å². The number of rotatable bonds is 59. The van der Waals surface area contributed by atoms with Crippen molar-refractivity contribution in [2.24, 2.45) is 0 Å². The molecule has 0 radical (unpaired) electrons. The minimum Gasteiger partial charge on any atom is -0.462 e. The van der Waals surface area contributed by atoms with E-state index >= 15 is 0 Å². The molecule has 0 bridgehead atoms. The monoisotopic (exact) mass is 1080 g/mol. The second-order valence-electron chi connectivity index (χ2n) is 21.4. The van der Waals surface area contributed by atoms with E-state index in [2.05, 4.69) is 148 Å². The number of carbonyl (C=O) groups is 2. The Morgan fingerprint density at radius 1 is 0.295 bits per heavy atom. The lowest BCUT2D eigenvalue weighted by atomic mass is 10.0. The molecule has 1 N–H and O–H groups in total. The molecule has 0 aromatic carbocycles. The van der Waals surface area contributed by atoms with Gasteiger partial charge in [0.05, 0.1) is 6.61 Å². The molecule has 0 saturated carbocycles. The van der Waals surface area contributed by atoms with Crippen molar-refractivity contribution in [1.29, 1.82) is 0 Å². The van der Waals surface area contributed by atoms with Crippen LogP contribution in [-0.4, -0.2) is 36.4 Å². The Labute approximate surface area is 483 Å². The molecule has 5 nitrogen and oxygen atoms in total. The molecular weight excluding hydrogens is 957 g/mol. The second-order valence-corrected chi connectivity index (χ2v) is 21.4. The van der Waals surface area contributed by atoms with E-state index in [9.17, 15) is 14.7 Å². The van der Waals surface area contributed by atoms with Crippen LogP contribution in [0.3, 0.4) is 0 Å². The van der Waals surface area contributed by atoms with Crippen LogP contribution >= 0.6 is 0 Å². The quantitative estimate of drug-likeness (QED) is 0.0373. The van der Waals surface area contributed by atoms with E-state index < -0.39 is 6.10 Å². The maximum atomic E-state index is 12.4. The zero-order valence-electron chi connectivity index (χ0n) is 50.9. The third kappa shape index (κ3) is 64.6. The van der Waals surface area contributed by atoms with Gasteiger partial charge in [-0.3, -0.25) is 9.59 Å². The normalized spacial score (nSPS) is 13.1. The van der Waals surface area contributed by atoms with Crippen molar-refractivity contribution in [3.63, 3.8) is 0 Å². The molecule has 444 valence electrons. The van der Waals surface area contributed by atoms with E-state index in [0.717, 1.165) is 116 Å². The number of unbranched alkanes of at least 4 members (excludes halogenated alkanes) is 29. The van der Waals surface area contributed by atoms with Crippen LogP contribution in [0.2, 0.25) is 0 Å². The van der Waals surface area contributed by atoms with E-state index in [0.29, 0.717) is 12.8 Å². The van der Waals surface area contributed by atoms with Gasteiger partial charge < -0.3 is 14.6 Å². The third-order valence-corrected chi connectivity index (χ3v) is 13.9. The van der Waals surface area contributed by atoms with Gasteiger partial charge in [-0.2, -0.15) is 0 Å². The molecule has 0 aliphatic rings. The van der Waals surface area contributed by atoms with Crippen LogP contribution in [0.15, 0.2) is 134 Å². The zero-order chi connectivity index (χ0) is 56.2. The summed E-state index contributed by atoms with van der Waals surface area (Å²) in [4.78, 5) is 24.6. The number of hydrogen-bond donors (Lipinski definition) is 1. The Bertz CT molecular complexity index is 1600. The molecule has 0 fully saturated rings.